The molecule has 8 heteroatoms. The van der Waals surface area contributed by atoms with E-state index in [0.29, 0.717) is 18.7 Å². The van der Waals surface area contributed by atoms with Gasteiger partial charge in [0.1, 0.15) is 17.6 Å². The number of phenolic OH excluding ortho intramolecular Hbond substituents is 1. The van der Waals surface area contributed by atoms with Crippen molar-refractivity contribution < 1.29 is 14.6 Å². The van der Waals surface area contributed by atoms with Gasteiger partial charge < -0.3 is 19.6 Å². The van der Waals surface area contributed by atoms with Crippen LogP contribution in [0.15, 0.2) is 30.3 Å². The predicted molar refractivity (Wildman–Crippen MR) is 138 cm³/mol. The number of hydrogen-bond acceptors (Lipinski definition) is 6. The van der Waals surface area contributed by atoms with Crippen LogP contribution in [0.1, 0.15) is 59.3 Å². The number of hydrogen-bond donors (Lipinski definition) is 2. The molecule has 3 aromatic rings. The maximum atomic E-state index is 13.5. The number of ether oxygens (including phenoxy) is 1. The molecule has 0 aliphatic carbocycles. The fraction of sp³-hybridized carbons (Fsp3) is 0.500. The van der Waals surface area contributed by atoms with Gasteiger partial charge in [0.2, 0.25) is 0 Å². The molecule has 0 unspecified atom stereocenters. The van der Waals surface area contributed by atoms with Crippen LogP contribution in [-0.2, 0) is 19.6 Å². The predicted octanol–water partition coefficient (Wildman–Crippen LogP) is 3.88. The summed E-state index contributed by atoms with van der Waals surface area (Å²) in [7, 11) is 2.15. The summed E-state index contributed by atoms with van der Waals surface area (Å²) in [5.41, 5.74) is 4.27. The first-order chi connectivity index (χ1) is 17.5. The van der Waals surface area contributed by atoms with Crippen LogP contribution in [0.3, 0.4) is 0 Å². The monoisotopic (exact) mass is 489 g/mol. The Balaban J connectivity index is 1.17. The number of phenols is 1. The minimum Gasteiger partial charge on any atom is -0.507 e. The van der Waals surface area contributed by atoms with Crippen LogP contribution in [0, 0.1) is 0 Å². The Morgan fingerprint density at radius 2 is 1.83 bits per heavy atom. The third kappa shape index (κ3) is 4.67. The highest BCUT2D eigenvalue weighted by Gasteiger charge is 2.28. The molecule has 2 saturated heterocycles. The second kappa shape index (κ2) is 9.75. The van der Waals surface area contributed by atoms with Gasteiger partial charge in [-0.05, 0) is 75.1 Å². The van der Waals surface area contributed by atoms with E-state index in [2.05, 4.69) is 39.2 Å². The summed E-state index contributed by atoms with van der Waals surface area (Å²) < 4.78 is 6.26. The van der Waals surface area contributed by atoms with Crippen molar-refractivity contribution in [3.8, 4) is 11.5 Å². The van der Waals surface area contributed by atoms with Gasteiger partial charge in [-0.25, -0.2) is 0 Å². The van der Waals surface area contributed by atoms with Gasteiger partial charge in [0.05, 0.1) is 16.8 Å². The minimum atomic E-state index is -0.159. The number of piperidine rings is 2. The van der Waals surface area contributed by atoms with E-state index in [9.17, 15) is 9.90 Å². The van der Waals surface area contributed by atoms with Crippen LogP contribution >= 0.6 is 0 Å². The van der Waals surface area contributed by atoms with Crippen LogP contribution in [0.5, 0.6) is 11.5 Å². The number of fused-ring (bicyclic) bond motifs is 2. The molecule has 2 fully saturated rings. The summed E-state index contributed by atoms with van der Waals surface area (Å²) in [6, 6.07) is 9.62. The Morgan fingerprint density at radius 1 is 1.06 bits per heavy atom. The molecular formula is C28H35N5O3. The minimum absolute atomic E-state index is 0.0112. The van der Waals surface area contributed by atoms with E-state index in [1.54, 1.807) is 11.0 Å². The number of likely N-dealkylation sites (tertiary alicyclic amines) is 2. The maximum Gasteiger partial charge on any atom is 0.258 e. The van der Waals surface area contributed by atoms with Crippen molar-refractivity contribution in [2.45, 2.75) is 57.8 Å². The number of amides is 1. The van der Waals surface area contributed by atoms with Crippen LogP contribution in [-0.4, -0.2) is 75.2 Å². The fourth-order valence-corrected chi connectivity index (χ4v) is 5.78. The number of aromatic nitrogens is 2. The molecule has 2 aromatic carbocycles. The highest BCUT2D eigenvalue weighted by Crippen LogP contribution is 2.33. The molecule has 8 nitrogen and oxygen atoms in total. The molecule has 2 N–H and O–H groups in total. The molecule has 0 spiro atoms. The first-order valence-electron chi connectivity index (χ1n) is 13.2. The fourth-order valence-electron chi connectivity index (χ4n) is 5.78. The van der Waals surface area contributed by atoms with E-state index < -0.39 is 0 Å². The lowest BCUT2D eigenvalue weighted by atomic mass is 10.1. The van der Waals surface area contributed by atoms with Crippen LogP contribution in [0.25, 0.3) is 10.9 Å². The summed E-state index contributed by atoms with van der Waals surface area (Å²) >= 11 is 0. The number of benzene rings is 2. The maximum absolute atomic E-state index is 13.5. The van der Waals surface area contributed by atoms with Gasteiger partial charge in [-0.3, -0.25) is 14.8 Å². The average Bonchev–Trinajstić information content (AvgIpc) is 3.48. The van der Waals surface area contributed by atoms with Gasteiger partial charge in [0.15, 0.2) is 0 Å². The summed E-state index contributed by atoms with van der Waals surface area (Å²) in [5.74, 6) is 0.707. The lowest BCUT2D eigenvalue weighted by Gasteiger charge is -2.29. The summed E-state index contributed by atoms with van der Waals surface area (Å²) in [4.78, 5) is 20.1. The second-order valence-electron chi connectivity index (χ2n) is 10.6. The van der Waals surface area contributed by atoms with Gasteiger partial charge in [-0.1, -0.05) is 12.5 Å². The molecule has 36 heavy (non-hydrogen) atoms. The van der Waals surface area contributed by atoms with Crippen molar-refractivity contribution >= 4 is 16.8 Å². The number of nitrogens with zero attached hydrogens (tertiary/aromatic N) is 4. The number of carbonyl (C=O) groups is 1. The average molecular weight is 490 g/mol. The number of aromatic hydroxyl groups is 1. The second-order valence-corrected chi connectivity index (χ2v) is 10.6. The molecule has 190 valence electrons. The van der Waals surface area contributed by atoms with Crippen LogP contribution in [0.4, 0.5) is 0 Å². The van der Waals surface area contributed by atoms with E-state index >= 15 is 0 Å². The Morgan fingerprint density at radius 3 is 2.64 bits per heavy atom. The molecule has 0 radical (unpaired) electrons. The molecule has 0 bridgehead atoms. The smallest absolute Gasteiger partial charge is 0.258 e. The molecule has 0 saturated carbocycles. The third-order valence-corrected chi connectivity index (χ3v) is 7.97. The Bertz CT molecular complexity index is 1260. The normalized spacial score (nSPS) is 19.6. The quantitative estimate of drug-likeness (QED) is 0.566. The highest BCUT2D eigenvalue weighted by molar-refractivity contribution is 6.01. The first-order valence-corrected chi connectivity index (χ1v) is 13.2. The molecule has 1 amide bonds. The Hall–Kier alpha value is -3.10. The van der Waals surface area contributed by atoms with Gasteiger partial charge in [0.25, 0.3) is 5.91 Å². The zero-order valence-corrected chi connectivity index (χ0v) is 21.0. The van der Waals surface area contributed by atoms with Crippen molar-refractivity contribution in [3.05, 3.63) is 52.7 Å². The van der Waals surface area contributed by atoms with E-state index in [1.807, 2.05) is 12.1 Å². The molecule has 4 heterocycles. The van der Waals surface area contributed by atoms with E-state index in [4.69, 9.17) is 4.74 Å². The summed E-state index contributed by atoms with van der Waals surface area (Å²) in [6.45, 7) is 6.08. The van der Waals surface area contributed by atoms with Crippen LogP contribution in [0.2, 0.25) is 0 Å². The van der Waals surface area contributed by atoms with Gasteiger partial charge in [-0.15, -0.1) is 0 Å². The number of rotatable bonds is 5. The molecular weight excluding hydrogens is 454 g/mol. The lowest BCUT2D eigenvalue weighted by molar-refractivity contribution is 0.0748. The molecule has 6 rings (SSSR count). The van der Waals surface area contributed by atoms with Crippen LogP contribution < -0.4 is 4.74 Å². The van der Waals surface area contributed by atoms with Crippen molar-refractivity contribution in [1.82, 2.24) is 24.9 Å². The largest absolute Gasteiger partial charge is 0.507 e. The van der Waals surface area contributed by atoms with Crippen molar-refractivity contribution in [1.29, 1.82) is 0 Å². The standard InChI is InChI=1S/C28H35N5O3/c1-31-11-7-21(8-12-31)36-22-6-5-19-16-33(17-20(19)13-22)28(35)24-14-23-25(15-27(24)34)29-30-26(23)18-32-9-3-2-4-10-32/h5-6,13-15,21,34H,2-4,7-12,16-18H2,1H3,(H,29,30). The molecule has 0 atom stereocenters. The summed E-state index contributed by atoms with van der Waals surface area (Å²) in [5, 5.41) is 19.1. The summed E-state index contributed by atoms with van der Waals surface area (Å²) in [6.07, 6.45) is 6.03. The topological polar surface area (TPSA) is 84.9 Å². The van der Waals surface area contributed by atoms with Crippen molar-refractivity contribution in [2.24, 2.45) is 0 Å². The third-order valence-electron chi connectivity index (χ3n) is 7.97. The van der Waals surface area contributed by atoms with E-state index in [0.717, 1.165) is 79.0 Å². The van der Waals surface area contributed by atoms with Gasteiger partial charge in [-0.2, -0.15) is 5.10 Å². The Kier molecular flexibility index (Phi) is 6.31. The molecule has 3 aliphatic heterocycles. The van der Waals surface area contributed by atoms with Gasteiger partial charge in [0, 0.05) is 44.2 Å². The first kappa shape index (κ1) is 23.3. The van der Waals surface area contributed by atoms with Crippen molar-refractivity contribution in [2.75, 3.05) is 33.2 Å². The van der Waals surface area contributed by atoms with Crippen molar-refractivity contribution in [3.63, 3.8) is 0 Å². The molecule has 1 aromatic heterocycles. The molecule has 3 aliphatic rings. The number of nitrogens with one attached hydrogen (secondary N) is 1. The number of carbonyl (C=O) groups excluding carboxylic acids is 1. The SMILES string of the molecule is CN1CCC(Oc2ccc3c(c2)CN(C(=O)c2cc4c(CN5CCCCC5)n[nH]c4cc2O)C3)CC1. The van der Waals surface area contributed by atoms with E-state index in [-0.39, 0.29) is 17.8 Å². The zero-order valence-electron chi connectivity index (χ0n) is 21.0. The Labute approximate surface area is 211 Å². The van der Waals surface area contributed by atoms with E-state index in [1.165, 1.54) is 19.3 Å². The number of aromatic amines is 1. The van der Waals surface area contributed by atoms with Gasteiger partial charge >= 0.3 is 0 Å². The lowest BCUT2D eigenvalue weighted by Crippen LogP contribution is -2.35. The zero-order chi connectivity index (χ0) is 24.6. The number of H-pyrrole nitrogens is 1. The highest BCUT2D eigenvalue weighted by atomic mass is 16.5.